The van der Waals surface area contributed by atoms with Crippen molar-refractivity contribution in [3.63, 3.8) is 0 Å². The lowest BCUT2D eigenvalue weighted by Crippen LogP contribution is -2.06. The quantitative estimate of drug-likeness (QED) is 0.608. The molecule has 3 aromatic rings. The molecule has 0 aliphatic carbocycles. The van der Waals surface area contributed by atoms with Gasteiger partial charge in [-0.05, 0) is 38.1 Å². The average molecular weight is 352 g/mol. The SMILES string of the molecule is CC.CC(C)n1ncc(C(=N)/C=C\c2ncc(-c3cccnc3N)[nH]2)n1. The summed E-state index contributed by atoms with van der Waals surface area (Å²) < 4.78 is 0. The van der Waals surface area contributed by atoms with Gasteiger partial charge in [0.15, 0.2) is 0 Å². The molecule has 0 atom stereocenters. The summed E-state index contributed by atoms with van der Waals surface area (Å²) in [5, 5.41) is 16.5. The standard InChI is InChI=1S/C16H18N8.C2H6/c1-10(2)24-21-9-14(23-24)12(17)5-6-15-20-8-13(22-15)11-4-3-7-19-16(11)18;1-2/h3-10,17H,1-2H3,(H2,18,19)(H,20,22);1-2H3/b6-5-,17-12?;. The van der Waals surface area contributed by atoms with Gasteiger partial charge in [-0.15, -0.1) is 0 Å². The van der Waals surface area contributed by atoms with E-state index in [0.717, 1.165) is 11.3 Å². The molecule has 0 bridgehead atoms. The van der Waals surface area contributed by atoms with E-state index in [1.54, 1.807) is 35.5 Å². The number of nitrogens with two attached hydrogens (primary N) is 1. The molecular formula is C18H24N8. The summed E-state index contributed by atoms with van der Waals surface area (Å²) in [5.74, 6) is 1.06. The van der Waals surface area contributed by atoms with Crippen LogP contribution >= 0.6 is 0 Å². The summed E-state index contributed by atoms with van der Waals surface area (Å²) in [6.07, 6.45) is 8.25. The van der Waals surface area contributed by atoms with Gasteiger partial charge < -0.3 is 10.7 Å². The van der Waals surface area contributed by atoms with Crippen LogP contribution < -0.4 is 5.73 Å². The molecule has 0 spiro atoms. The van der Waals surface area contributed by atoms with Crippen LogP contribution in [0.3, 0.4) is 0 Å². The minimum Gasteiger partial charge on any atom is -0.383 e. The van der Waals surface area contributed by atoms with Crippen molar-refractivity contribution in [3.05, 3.63) is 48.3 Å². The largest absolute Gasteiger partial charge is 0.383 e. The predicted molar refractivity (Wildman–Crippen MR) is 104 cm³/mol. The van der Waals surface area contributed by atoms with Gasteiger partial charge >= 0.3 is 0 Å². The Morgan fingerprint density at radius 1 is 1.27 bits per heavy atom. The molecule has 0 saturated carbocycles. The van der Waals surface area contributed by atoms with Crippen molar-refractivity contribution >= 4 is 17.6 Å². The van der Waals surface area contributed by atoms with Crippen molar-refractivity contribution in [3.8, 4) is 11.3 Å². The maximum Gasteiger partial charge on any atom is 0.132 e. The summed E-state index contributed by atoms with van der Waals surface area (Å²) in [6, 6.07) is 3.85. The lowest BCUT2D eigenvalue weighted by atomic mass is 10.2. The van der Waals surface area contributed by atoms with E-state index in [1.165, 1.54) is 0 Å². The molecule has 26 heavy (non-hydrogen) atoms. The fraction of sp³-hybridized carbons (Fsp3) is 0.278. The molecule has 0 aliphatic heterocycles. The molecule has 0 radical (unpaired) electrons. The maximum atomic E-state index is 8.06. The van der Waals surface area contributed by atoms with Crippen molar-refractivity contribution in [2.24, 2.45) is 0 Å². The first kappa shape index (κ1) is 19.0. The number of rotatable bonds is 5. The van der Waals surface area contributed by atoms with Crippen molar-refractivity contribution in [1.82, 2.24) is 29.9 Å². The summed E-state index contributed by atoms with van der Waals surface area (Å²) in [5.41, 5.74) is 8.21. The number of nitrogen functional groups attached to an aromatic ring is 1. The van der Waals surface area contributed by atoms with Crippen molar-refractivity contribution in [2.75, 3.05) is 5.73 Å². The third-order valence-corrected chi connectivity index (χ3v) is 3.38. The van der Waals surface area contributed by atoms with Gasteiger partial charge in [0.05, 0.1) is 29.8 Å². The van der Waals surface area contributed by atoms with E-state index in [9.17, 15) is 0 Å². The Labute approximate surface area is 152 Å². The Morgan fingerprint density at radius 3 is 2.69 bits per heavy atom. The molecule has 0 fully saturated rings. The smallest absolute Gasteiger partial charge is 0.132 e. The number of hydrogen-bond acceptors (Lipinski definition) is 6. The zero-order valence-electron chi connectivity index (χ0n) is 15.4. The number of aromatic amines is 1. The highest BCUT2D eigenvalue weighted by Crippen LogP contribution is 2.21. The van der Waals surface area contributed by atoms with Gasteiger partial charge in [0, 0.05) is 11.8 Å². The molecule has 0 amide bonds. The second kappa shape index (κ2) is 8.70. The van der Waals surface area contributed by atoms with Gasteiger partial charge in [-0.25, -0.2) is 9.97 Å². The highest BCUT2D eigenvalue weighted by atomic mass is 15.5. The minimum absolute atomic E-state index is 0.160. The number of nitrogens with one attached hydrogen (secondary N) is 2. The Balaban J connectivity index is 0.00000117. The van der Waals surface area contributed by atoms with Crippen LogP contribution in [0.2, 0.25) is 0 Å². The average Bonchev–Trinajstić information content (AvgIpc) is 3.32. The zero-order chi connectivity index (χ0) is 19.1. The van der Waals surface area contributed by atoms with Gasteiger partial charge in [-0.3, -0.25) is 5.41 Å². The highest BCUT2D eigenvalue weighted by molar-refractivity contribution is 6.06. The molecule has 8 heteroatoms. The fourth-order valence-corrected chi connectivity index (χ4v) is 2.10. The Bertz CT molecular complexity index is 888. The summed E-state index contributed by atoms with van der Waals surface area (Å²) in [6.45, 7) is 7.97. The Hall–Kier alpha value is -3.29. The lowest BCUT2D eigenvalue weighted by Gasteiger charge is -2.00. The van der Waals surface area contributed by atoms with Crippen LogP contribution in [-0.4, -0.2) is 35.7 Å². The van der Waals surface area contributed by atoms with E-state index in [0.29, 0.717) is 17.3 Å². The topological polar surface area (TPSA) is 122 Å². The molecule has 8 nitrogen and oxygen atoms in total. The van der Waals surface area contributed by atoms with Crippen LogP contribution in [-0.2, 0) is 0 Å². The van der Waals surface area contributed by atoms with Crippen LogP contribution in [0.25, 0.3) is 17.3 Å². The first-order valence-electron chi connectivity index (χ1n) is 8.49. The highest BCUT2D eigenvalue weighted by Gasteiger charge is 2.08. The molecule has 3 aromatic heterocycles. The van der Waals surface area contributed by atoms with Crippen molar-refractivity contribution < 1.29 is 0 Å². The number of aromatic nitrogens is 6. The Morgan fingerprint density at radius 2 is 2.04 bits per heavy atom. The number of allylic oxidation sites excluding steroid dienone is 1. The molecule has 4 N–H and O–H groups in total. The number of anilines is 1. The molecule has 136 valence electrons. The summed E-state index contributed by atoms with van der Waals surface area (Å²) in [7, 11) is 0. The maximum absolute atomic E-state index is 8.06. The van der Waals surface area contributed by atoms with Crippen molar-refractivity contribution in [2.45, 2.75) is 33.7 Å². The third-order valence-electron chi connectivity index (χ3n) is 3.38. The van der Waals surface area contributed by atoms with Crippen LogP contribution in [0.5, 0.6) is 0 Å². The van der Waals surface area contributed by atoms with Gasteiger partial charge in [0.2, 0.25) is 0 Å². The molecular weight excluding hydrogens is 328 g/mol. The molecule has 0 aromatic carbocycles. The predicted octanol–water partition coefficient (Wildman–Crippen LogP) is 3.33. The van der Waals surface area contributed by atoms with Crippen LogP contribution in [0.4, 0.5) is 5.82 Å². The number of imidazole rings is 1. The van der Waals surface area contributed by atoms with Gasteiger partial charge in [0.25, 0.3) is 0 Å². The van der Waals surface area contributed by atoms with E-state index in [4.69, 9.17) is 11.1 Å². The molecule has 3 heterocycles. The minimum atomic E-state index is 0.160. The number of nitrogens with zero attached hydrogens (tertiary/aromatic N) is 5. The van der Waals surface area contributed by atoms with Crippen LogP contribution in [0.1, 0.15) is 45.3 Å². The second-order valence-electron chi connectivity index (χ2n) is 5.51. The van der Waals surface area contributed by atoms with E-state index in [2.05, 4.69) is 25.1 Å². The lowest BCUT2D eigenvalue weighted by molar-refractivity contribution is 0.466. The van der Waals surface area contributed by atoms with E-state index >= 15 is 0 Å². The Kier molecular flexibility index (Phi) is 6.37. The summed E-state index contributed by atoms with van der Waals surface area (Å²) >= 11 is 0. The monoisotopic (exact) mass is 352 g/mol. The van der Waals surface area contributed by atoms with Gasteiger partial charge in [-0.2, -0.15) is 15.0 Å². The normalized spacial score (nSPS) is 10.8. The summed E-state index contributed by atoms with van der Waals surface area (Å²) in [4.78, 5) is 13.0. The third kappa shape index (κ3) is 4.41. The van der Waals surface area contributed by atoms with Gasteiger partial charge in [0.1, 0.15) is 17.3 Å². The molecule has 0 aliphatic rings. The number of H-pyrrole nitrogens is 1. The van der Waals surface area contributed by atoms with E-state index in [1.807, 2.05) is 39.8 Å². The molecule has 0 saturated heterocycles. The van der Waals surface area contributed by atoms with Crippen molar-refractivity contribution in [1.29, 1.82) is 5.41 Å². The molecule has 0 unspecified atom stereocenters. The first-order chi connectivity index (χ1) is 12.5. The number of pyridine rings is 1. The zero-order valence-corrected chi connectivity index (χ0v) is 15.4. The van der Waals surface area contributed by atoms with E-state index < -0.39 is 0 Å². The fourth-order valence-electron chi connectivity index (χ4n) is 2.10. The van der Waals surface area contributed by atoms with E-state index in [-0.39, 0.29) is 11.8 Å². The first-order valence-corrected chi connectivity index (χ1v) is 8.49. The molecule has 3 rings (SSSR count). The van der Waals surface area contributed by atoms with Gasteiger partial charge in [-0.1, -0.05) is 13.8 Å². The number of hydrogen-bond donors (Lipinski definition) is 3. The van der Waals surface area contributed by atoms with Crippen LogP contribution in [0, 0.1) is 5.41 Å². The van der Waals surface area contributed by atoms with Crippen LogP contribution in [0.15, 0.2) is 36.8 Å². The second-order valence-corrected chi connectivity index (χ2v) is 5.51.